The second-order valence-corrected chi connectivity index (χ2v) is 4.91. The molecule has 0 unspecified atom stereocenters. The van der Waals surface area contributed by atoms with Crippen LogP contribution in [0.1, 0.15) is 61.2 Å². The Hall–Kier alpha value is -2.18. The van der Waals surface area contributed by atoms with E-state index < -0.39 is 0 Å². The summed E-state index contributed by atoms with van der Waals surface area (Å²) < 4.78 is 7.26. The molecule has 0 bridgehead atoms. The Labute approximate surface area is 123 Å². The van der Waals surface area contributed by atoms with E-state index in [0.717, 1.165) is 18.8 Å². The van der Waals surface area contributed by atoms with Gasteiger partial charge in [0.15, 0.2) is 5.89 Å². The Morgan fingerprint density at radius 1 is 1.48 bits per heavy atom. The summed E-state index contributed by atoms with van der Waals surface area (Å²) >= 11 is 0. The van der Waals surface area contributed by atoms with Gasteiger partial charge in [0.2, 0.25) is 5.76 Å². The van der Waals surface area contributed by atoms with Gasteiger partial charge in [-0.25, -0.2) is 14.6 Å². The van der Waals surface area contributed by atoms with E-state index in [2.05, 4.69) is 27.3 Å². The maximum Gasteiger partial charge on any atom is 0.289 e. The standard InChI is InChI=1S/C14H21N5O2/c1-5-7-19-13(15-8-16-19)10(4)18-14(20)12-9(3)17-11(6-2)21-12/h8,10H,5-7H2,1-4H3,(H,18,20)/t10-/m1/s1. The van der Waals surface area contributed by atoms with Crippen molar-refractivity contribution in [2.24, 2.45) is 0 Å². The second-order valence-electron chi connectivity index (χ2n) is 4.91. The molecule has 7 nitrogen and oxygen atoms in total. The molecule has 0 saturated carbocycles. The molecule has 1 atom stereocenters. The Morgan fingerprint density at radius 3 is 2.86 bits per heavy atom. The minimum absolute atomic E-state index is 0.249. The number of hydrogen-bond acceptors (Lipinski definition) is 5. The van der Waals surface area contributed by atoms with Crippen LogP contribution in [0.5, 0.6) is 0 Å². The number of nitrogens with one attached hydrogen (secondary N) is 1. The zero-order valence-electron chi connectivity index (χ0n) is 12.9. The number of hydrogen-bond donors (Lipinski definition) is 1. The summed E-state index contributed by atoms with van der Waals surface area (Å²) in [7, 11) is 0. The number of amides is 1. The van der Waals surface area contributed by atoms with Crippen molar-refractivity contribution < 1.29 is 9.21 Å². The van der Waals surface area contributed by atoms with Crippen molar-refractivity contribution in [3.05, 3.63) is 29.5 Å². The van der Waals surface area contributed by atoms with Crippen LogP contribution in [-0.2, 0) is 13.0 Å². The van der Waals surface area contributed by atoms with Crippen molar-refractivity contribution in [3.8, 4) is 0 Å². The molecule has 7 heteroatoms. The fourth-order valence-corrected chi connectivity index (χ4v) is 2.13. The van der Waals surface area contributed by atoms with E-state index in [9.17, 15) is 4.79 Å². The molecule has 0 aliphatic carbocycles. The van der Waals surface area contributed by atoms with Gasteiger partial charge in [-0.3, -0.25) is 4.79 Å². The van der Waals surface area contributed by atoms with Gasteiger partial charge in [-0.1, -0.05) is 13.8 Å². The number of oxazole rings is 1. The van der Waals surface area contributed by atoms with Crippen LogP contribution in [0, 0.1) is 6.92 Å². The molecule has 2 aromatic rings. The Morgan fingerprint density at radius 2 is 2.24 bits per heavy atom. The summed E-state index contributed by atoms with van der Waals surface area (Å²) in [6, 6.07) is -0.249. The Balaban J connectivity index is 2.11. The molecule has 0 aromatic carbocycles. The lowest BCUT2D eigenvalue weighted by molar-refractivity contribution is 0.0906. The van der Waals surface area contributed by atoms with Crippen LogP contribution in [0.25, 0.3) is 0 Å². The predicted molar refractivity (Wildman–Crippen MR) is 76.8 cm³/mol. The molecule has 0 saturated heterocycles. The Kier molecular flexibility index (Phi) is 4.72. The highest BCUT2D eigenvalue weighted by molar-refractivity contribution is 5.92. The largest absolute Gasteiger partial charge is 0.435 e. The van der Waals surface area contributed by atoms with Gasteiger partial charge in [0.25, 0.3) is 5.91 Å². The van der Waals surface area contributed by atoms with Crippen LogP contribution in [-0.4, -0.2) is 25.7 Å². The molecule has 0 fully saturated rings. The number of carbonyl (C=O) groups is 1. The topological polar surface area (TPSA) is 85.8 Å². The average Bonchev–Trinajstić information content (AvgIpc) is 3.05. The van der Waals surface area contributed by atoms with Gasteiger partial charge in [-0.15, -0.1) is 0 Å². The maximum atomic E-state index is 12.3. The van der Waals surface area contributed by atoms with Gasteiger partial charge >= 0.3 is 0 Å². The monoisotopic (exact) mass is 291 g/mol. The summed E-state index contributed by atoms with van der Waals surface area (Å²) in [5.41, 5.74) is 0.603. The molecule has 0 spiro atoms. The van der Waals surface area contributed by atoms with E-state index in [-0.39, 0.29) is 17.7 Å². The summed E-state index contributed by atoms with van der Waals surface area (Å²) in [5.74, 6) is 1.29. The molecule has 21 heavy (non-hydrogen) atoms. The SMILES string of the molecule is CCCn1ncnc1[C@@H](C)NC(=O)c1oc(CC)nc1C. The lowest BCUT2D eigenvalue weighted by Crippen LogP contribution is -2.29. The maximum absolute atomic E-state index is 12.3. The fraction of sp³-hybridized carbons (Fsp3) is 0.571. The third-order valence-electron chi connectivity index (χ3n) is 3.17. The molecule has 1 N–H and O–H groups in total. The van der Waals surface area contributed by atoms with Gasteiger partial charge in [-0.05, 0) is 20.3 Å². The minimum Gasteiger partial charge on any atom is -0.435 e. The van der Waals surface area contributed by atoms with Crippen molar-refractivity contribution in [1.29, 1.82) is 0 Å². The molecular weight excluding hydrogens is 270 g/mol. The van der Waals surface area contributed by atoms with Crippen molar-refractivity contribution >= 4 is 5.91 Å². The highest BCUT2D eigenvalue weighted by atomic mass is 16.4. The van der Waals surface area contributed by atoms with E-state index in [4.69, 9.17) is 4.42 Å². The number of aryl methyl sites for hydroxylation is 3. The third-order valence-corrected chi connectivity index (χ3v) is 3.17. The predicted octanol–water partition coefficient (Wildman–Crippen LogP) is 2.04. The average molecular weight is 291 g/mol. The van der Waals surface area contributed by atoms with Crippen molar-refractivity contribution in [2.75, 3.05) is 0 Å². The van der Waals surface area contributed by atoms with Gasteiger partial charge in [0, 0.05) is 13.0 Å². The van der Waals surface area contributed by atoms with Crippen LogP contribution in [0.4, 0.5) is 0 Å². The first-order valence-electron chi connectivity index (χ1n) is 7.21. The van der Waals surface area contributed by atoms with Gasteiger partial charge in [0.1, 0.15) is 12.2 Å². The molecule has 0 aliphatic rings. The number of rotatable bonds is 6. The van der Waals surface area contributed by atoms with E-state index in [1.165, 1.54) is 6.33 Å². The molecule has 0 radical (unpaired) electrons. The molecule has 1 amide bonds. The number of carbonyl (C=O) groups excluding carboxylic acids is 1. The van der Waals surface area contributed by atoms with Gasteiger partial charge < -0.3 is 9.73 Å². The van der Waals surface area contributed by atoms with E-state index >= 15 is 0 Å². The molecule has 2 heterocycles. The van der Waals surface area contributed by atoms with Crippen LogP contribution in [0.2, 0.25) is 0 Å². The first-order chi connectivity index (χ1) is 10.1. The van der Waals surface area contributed by atoms with Gasteiger partial charge in [0.05, 0.1) is 11.7 Å². The summed E-state index contributed by atoms with van der Waals surface area (Å²) in [5, 5.41) is 7.04. The zero-order chi connectivity index (χ0) is 15.4. The van der Waals surface area contributed by atoms with Crippen molar-refractivity contribution in [3.63, 3.8) is 0 Å². The summed E-state index contributed by atoms with van der Waals surface area (Å²) in [6.07, 6.45) is 3.12. The fourth-order valence-electron chi connectivity index (χ4n) is 2.13. The Bertz CT molecular complexity index is 617. The second kappa shape index (κ2) is 6.51. The van der Waals surface area contributed by atoms with E-state index in [1.807, 2.05) is 13.8 Å². The zero-order valence-corrected chi connectivity index (χ0v) is 12.9. The van der Waals surface area contributed by atoms with Crippen LogP contribution in [0.3, 0.4) is 0 Å². The summed E-state index contributed by atoms with van der Waals surface area (Å²) in [6.45, 7) is 8.42. The lowest BCUT2D eigenvalue weighted by atomic mass is 10.2. The highest BCUT2D eigenvalue weighted by Gasteiger charge is 2.21. The lowest BCUT2D eigenvalue weighted by Gasteiger charge is -2.13. The van der Waals surface area contributed by atoms with Gasteiger partial charge in [-0.2, -0.15) is 5.10 Å². The summed E-state index contributed by atoms with van der Waals surface area (Å²) in [4.78, 5) is 20.7. The van der Waals surface area contributed by atoms with E-state index in [0.29, 0.717) is 18.0 Å². The quantitative estimate of drug-likeness (QED) is 0.880. The first-order valence-corrected chi connectivity index (χ1v) is 7.21. The minimum atomic E-state index is -0.279. The normalized spacial score (nSPS) is 12.4. The van der Waals surface area contributed by atoms with Crippen LogP contribution < -0.4 is 5.32 Å². The third kappa shape index (κ3) is 3.29. The van der Waals surface area contributed by atoms with Crippen molar-refractivity contribution in [2.45, 2.75) is 53.1 Å². The molecular formula is C14H21N5O2. The van der Waals surface area contributed by atoms with Crippen molar-refractivity contribution in [1.82, 2.24) is 25.1 Å². The van der Waals surface area contributed by atoms with Crippen LogP contribution in [0.15, 0.2) is 10.7 Å². The first kappa shape index (κ1) is 15.2. The smallest absolute Gasteiger partial charge is 0.289 e. The molecule has 0 aliphatic heterocycles. The number of aromatic nitrogens is 4. The highest BCUT2D eigenvalue weighted by Crippen LogP contribution is 2.14. The molecule has 114 valence electrons. The molecule has 2 rings (SSSR count). The van der Waals surface area contributed by atoms with Crippen LogP contribution >= 0.6 is 0 Å². The van der Waals surface area contributed by atoms with E-state index in [1.54, 1.807) is 11.6 Å². The number of nitrogens with zero attached hydrogens (tertiary/aromatic N) is 4. The molecule has 2 aromatic heterocycles.